The third kappa shape index (κ3) is 4.23. The van der Waals surface area contributed by atoms with Crippen LogP contribution in [0, 0.1) is 5.92 Å². The van der Waals surface area contributed by atoms with Crippen molar-refractivity contribution in [1.29, 1.82) is 0 Å². The van der Waals surface area contributed by atoms with E-state index in [4.69, 9.17) is 41.2 Å². The molecule has 2 amide bonds. The summed E-state index contributed by atoms with van der Waals surface area (Å²) in [6.07, 6.45) is 2.07. The van der Waals surface area contributed by atoms with Crippen LogP contribution in [0.2, 0.25) is 10.0 Å². The molecule has 19 heavy (non-hydrogen) atoms. The Labute approximate surface area is 126 Å². The van der Waals surface area contributed by atoms with Crippen molar-refractivity contribution >= 4 is 52.1 Å². The van der Waals surface area contributed by atoms with Gasteiger partial charge in [0.1, 0.15) is 0 Å². The van der Waals surface area contributed by atoms with Crippen molar-refractivity contribution in [3.8, 4) is 0 Å². The molecule has 0 radical (unpaired) electrons. The second kappa shape index (κ2) is 5.94. The first-order valence-corrected chi connectivity index (χ1v) is 6.95. The molecule has 1 aromatic rings. The van der Waals surface area contributed by atoms with Crippen LogP contribution in [0.25, 0.3) is 0 Å². The van der Waals surface area contributed by atoms with Gasteiger partial charge in [0.15, 0.2) is 0 Å². The van der Waals surface area contributed by atoms with Crippen LogP contribution in [-0.2, 0) is 0 Å². The Morgan fingerprint density at radius 3 is 2.37 bits per heavy atom. The van der Waals surface area contributed by atoms with Gasteiger partial charge in [-0.25, -0.2) is 4.79 Å². The van der Waals surface area contributed by atoms with Gasteiger partial charge in [0.05, 0.1) is 11.0 Å². The van der Waals surface area contributed by atoms with Gasteiger partial charge in [-0.05, 0) is 37.0 Å². The predicted molar refractivity (Wildman–Crippen MR) is 81.9 cm³/mol. The highest BCUT2D eigenvalue weighted by Gasteiger charge is 2.34. The summed E-state index contributed by atoms with van der Waals surface area (Å²) < 4.78 is 0. The molecule has 7 heteroatoms. The van der Waals surface area contributed by atoms with E-state index in [2.05, 4.69) is 10.6 Å². The van der Waals surface area contributed by atoms with Crippen LogP contribution in [0.5, 0.6) is 0 Å². The van der Waals surface area contributed by atoms with Crippen molar-refractivity contribution in [2.24, 2.45) is 11.7 Å². The van der Waals surface area contributed by atoms with Crippen LogP contribution >= 0.6 is 35.4 Å². The SMILES string of the molecule is NC(=S)C(NC(=O)Nc1cc(Cl)cc(Cl)c1)C1CC1. The number of amides is 2. The molecule has 0 spiro atoms. The number of rotatable bonds is 4. The van der Waals surface area contributed by atoms with Crippen LogP contribution in [0.4, 0.5) is 10.5 Å². The Hall–Kier alpha value is -1.04. The van der Waals surface area contributed by atoms with Gasteiger partial charge < -0.3 is 16.4 Å². The van der Waals surface area contributed by atoms with Crippen LogP contribution in [0.3, 0.4) is 0 Å². The smallest absolute Gasteiger partial charge is 0.319 e. The second-order valence-electron chi connectivity index (χ2n) is 4.47. The van der Waals surface area contributed by atoms with Crippen molar-refractivity contribution in [1.82, 2.24) is 5.32 Å². The van der Waals surface area contributed by atoms with Crippen LogP contribution < -0.4 is 16.4 Å². The molecular formula is C12H13Cl2N3OS. The summed E-state index contributed by atoms with van der Waals surface area (Å²) in [4.78, 5) is 12.2. The minimum atomic E-state index is -0.372. The topological polar surface area (TPSA) is 67.1 Å². The first-order chi connectivity index (χ1) is 8.95. The summed E-state index contributed by atoms with van der Waals surface area (Å²) >= 11 is 16.7. The molecule has 1 atom stereocenters. The molecule has 0 bridgehead atoms. The largest absolute Gasteiger partial charge is 0.392 e. The third-order valence-corrected chi connectivity index (χ3v) is 3.50. The Morgan fingerprint density at radius 2 is 1.89 bits per heavy atom. The second-order valence-corrected chi connectivity index (χ2v) is 5.82. The number of carbonyl (C=O) groups is 1. The molecule has 4 nitrogen and oxygen atoms in total. The van der Waals surface area contributed by atoms with E-state index in [1.165, 1.54) is 0 Å². The van der Waals surface area contributed by atoms with Crippen molar-refractivity contribution < 1.29 is 4.79 Å². The van der Waals surface area contributed by atoms with Gasteiger partial charge in [0.25, 0.3) is 0 Å². The Balaban J connectivity index is 1.98. The van der Waals surface area contributed by atoms with Crippen LogP contribution in [0.15, 0.2) is 18.2 Å². The van der Waals surface area contributed by atoms with E-state index in [1.54, 1.807) is 18.2 Å². The van der Waals surface area contributed by atoms with Gasteiger partial charge in [0.2, 0.25) is 0 Å². The van der Waals surface area contributed by atoms with Gasteiger partial charge in [-0.15, -0.1) is 0 Å². The molecule has 102 valence electrons. The molecule has 1 aliphatic carbocycles. The number of hydrogen-bond acceptors (Lipinski definition) is 2. The van der Waals surface area contributed by atoms with E-state index >= 15 is 0 Å². The molecule has 1 aliphatic rings. The minimum Gasteiger partial charge on any atom is -0.392 e. The fourth-order valence-electron chi connectivity index (χ4n) is 1.79. The maximum Gasteiger partial charge on any atom is 0.319 e. The standard InChI is InChI=1S/C12H13Cl2N3OS/c13-7-3-8(14)5-9(4-7)16-12(18)17-10(11(15)19)6-1-2-6/h3-6,10H,1-2H2,(H2,15,19)(H2,16,17,18). The van der Waals surface area contributed by atoms with Gasteiger partial charge in [-0.2, -0.15) is 0 Å². The minimum absolute atomic E-state index is 0.260. The summed E-state index contributed by atoms with van der Waals surface area (Å²) in [5, 5.41) is 6.33. The number of thiocarbonyl (C=S) groups is 1. The van der Waals surface area contributed by atoms with E-state index in [-0.39, 0.29) is 12.1 Å². The summed E-state index contributed by atoms with van der Waals surface area (Å²) in [6, 6.07) is 4.18. The summed E-state index contributed by atoms with van der Waals surface area (Å²) in [6.45, 7) is 0. The number of benzene rings is 1. The molecule has 0 saturated heterocycles. The van der Waals surface area contributed by atoms with E-state index in [0.29, 0.717) is 26.6 Å². The van der Waals surface area contributed by atoms with E-state index in [0.717, 1.165) is 12.8 Å². The highest BCUT2D eigenvalue weighted by Crippen LogP contribution is 2.32. The predicted octanol–water partition coefficient (Wildman–Crippen LogP) is 3.18. The van der Waals surface area contributed by atoms with Crippen LogP contribution in [0.1, 0.15) is 12.8 Å². The molecule has 0 aromatic heterocycles. The van der Waals surface area contributed by atoms with Crippen molar-refractivity contribution in [3.63, 3.8) is 0 Å². The Bertz CT molecular complexity index is 499. The van der Waals surface area contributed by atoms with E-state index in [9.17, 15) is 4.79 Å². The van der Waals surface area contributed by atoms with Gasteiger partial charge >= 0.3 is 6.03 Å². The lowest BCUT2D eigenvalue weighted by atomic mass is 10.2. The van der Waals surface area contributed by atoms with Crippen molar-refractivity contribution in [2.45, 2.75) is 18.9 Å². The normalized spacial score (nSPS) is 15.7. The molecule has 0 heterocycles. The van der Waals surface area contributed by atoms with Crippen molar-refractivity contribution in [2.75, 3.05) is 5.32 Å². The molecule has 1 aromatic carbocycles. The molecule has 0 aliphatic heterocycles. The zero-order valence-electron chi connectivity index (χ0n) is 9.95. The maximum absolute atomic E-state index is 11.9. The Morgan fingerprint density at radius 1 is 1.32 bits per heavy atom. The first kappa shape index (κ1) is 14.4. The number of urea groups is 1. The number of carbonyl (C=O) groups excluding carboxylic acids is 1. The molecule has 1 saturated carbocycles. The first-order valence-electron chi connectivity index (χ1n) is 5.78. The zero-order chi connectivity index (χ0) is 14.0. The zero-order valence-corrected chi connectivity index (χ0v) is 12.3. The molecular weight excluding hydrogens is 305 g/mol. The fraction of sp³-hybridized carbons (Fsp3) is 0.333. The lowest BCUT2D eigenvalue weighted by molar-refractivity contribution is 0.250. The maximum atomic E-state index is 11.9. The van der Waals surface area contributed by atoms with Crippen molar-refractivity contribution in [3.05, 3.63) is 28.2 Å². The molecule has 1 unspecified atom stereocenters. The number of hydrogen-bond donors (Lipinski definition) is 3. The van der Waals surface area contributed by atoms with Gasteiger partial charge in [-0.3, -0.25) is 0 Å². The average molecular weight is 318 g/mol. The lowest BCUT2D eigenvalue weighted by Crippen LogP contribution is -2.46. The monoisotopic (exact) mass is 317 g/mol. The summed E-state index contributed by atoms with van der Waals surface area (Å²) in [5.41, 5.74) is 6.14. The number of nitrogens with one attached hydrogen (secondary N) is 2. The van der Waals surface area contributed by atoms with Gasteiger partial charge in [0, 0.05) is 15.7 Å². The number of anilines is 1. The van der Waals surface area contributed by atoms with Crippen LogP contribution in [-0.4, -0.2) is 17.1 Å². The fourth-order valence-corrected chi connectivity index (χ4v) is 2.56. The molecule has 4 N–H and O–H groups in total. The lowest BCUT2D eigenvalue weighted by Gasteiger charge is -2.17. The van der Waals surface area contributed by atoms with Gasteiger partial charge in [-0.1, -0.05) is 35.4 Å². The highest BCUT2D eigenvalue weighted by atomic mass is 35.5. The van der Waals surface area contributed by atoms with E-state index in [1.807, 2.05) is 0 Å². The Kier molecular flexibility index (Phi) is 4.50. The molecule has 2 rings (SSSR count). The summed E-state index contributed by atoms with van der Waals surface area (Å²) in [5.74, 6) is 0.353. The molecule has 1 fully saturated rings. The number of nitrogens with two attached hydrogens (primary N) is 1. The number of halogens is 2. The highest BCUT2D eigenvalue weighted by molar-refractivity contribution is 7.80. The third-order valence-electron chi connectivity index (χ3n) is 2.81. The average Bonchev–Trinajstić information content (AvgIpc) is 3.07. The van der Waals surface area contributed by atoms with E-state index < -0.39 is 0 Å². The quantitative estimate of drug-likeness (QED) is 0.747. The summed E-state index contributed by atoms with van der Waals surface area (Å²) in [7, 11) is 0.